The highest BCUT2D eigenvalue weighted by Gasteiger charge is 2.09. The minimum absolute atomic E-state index is 0.0370. The lowest BCUT2D eigenvalue weighted by Crippen LogP contribution is -2.29. The molecule has 0 amide bonds. The van der Waals surface area contributed by atoms with Gasteiger partial charge in [0.15, 0.2) is 6.29 Å². The molecule has 0 aromatic heterocycles. The standard InChI is InChI=1S/C11H15Cl2NO3/c1-16-10(17-2)6-14-5-7-3-8(12)4-9(13)11(7)15/h3-4,10,14-15H,5-6H2,1-2H3. The Labute approximate surface area is 110 Å². The van der Waals surface area contributed by atoms with Crippen LogP contribution in [0.5, 0.6) is 5.75 Å². The first-order valence-corrected chi connectivity index (χ1v) is 5.77. The molecular weight excluding hydrogens is 265 g/mol. The van der Waals surface area contributed by atoms with E-state index in [0.29, 0.717) is 23.7 Å². The lowest BCUT2D eigenvalue weighted by molar-refractivity contribution is -0.0989. The van der Waals surface area contributed by atoms with E-state index in [1.54, 1.807) is 20.3 Å². The predicted octanol–water partition coefficient (Wildman–Crippen LogP) is 2.41. The number of rotatable bonds is 6. The molecule has 0 saturated heterocycles. The predicted molar refractivity (Wildman–Crippen MR) is 67.6 cm³/mol. The number of halogens is 2. The number of hydrogen-bond acceptors (Lipinski definition) is 4. The van der Waals surface area contributed by atoms with Gasteiger partial charge in [0.25, 0.3) is 0 Å². The number of benzene rings is 1. The maximum absolute atomic E-state index is 9.71. The van der Waals surface area contributed by atoms with E-state index in [-0.39, 0.29) is 17.1 Å². The normalized spacial score (nSPS) is 11.1. The summed E-state index contributed by atoms with van der Waals surface area (Å²) in [7, 11) is 3.12. The van der Waals surface area contributed by atoms with Crippen molar-refractivity contribution in [2.75, 3.05) is 20.8 Å². The third-order valence-corrected chi connectivity index (χ3v) is 2.77. The van der Waals surface area contributed by atoms with Crippen LogP contribution in [0.3, 0.4) is 0 Å². The topological polar surface area (TPSA) is 50.7 Å². The van der Waals surface area contributed by atoms with E-state index in [9.17, 15) is 5.11 Å². The number of phenolic OH excluding ortho intramolecular Hbond substituents is 1. The number of phenols is 1. The van der Waals surface area contributed by atoms with Gasteiger partial charge in [0.1, 0.15) is 5.75 Å². The van der Waals surface area contributed by atoms with Crippen molar-refractivity contribution in [2.24, 2.45) is 0 Å². The Morgan fingerprint density at radius 2 is 1.94 bits per heavy atom. The zero-order valence-electron chi connectivity index (χ0n) is 9.67. The fraction of sp³-hybridized carbons (Fsp3) is 0.455. The Hall–Kier alpha value is -0.520. The molecule has 4 nitrogen and oxygen atoms in total. The molecule has 1 rings (SSSR count). The second kappa shape index (κ2) is 7.03. The molecule has 0 atom stereocenters. The number of methoxy groups -OCH3 is 2. The average Bonchev–Trinajstić information content (AvgIpc) is 2.30. The highest BCUT2D eigenvalue weighted by molar-refractivity contribution is 6.35. The van der Waals surface area contributed by atoms with Crippen LogP contribution >= 0.6 is 23.2 Å². The summed E-state index contributed by atoms with van der Waals surface area (Å²) in [4.78, 5) is 0. The lowest BCUT2D eigenvalue weighted by Gasteiger charge is -2.14. The first-order valence-electron chi connectivity index (χ1n) is 5.01. The molecule has 0 aliphatic carbocycles. The van der Waals surface area contributed by atoms with Crippen LogP contribution in [0, 0.1) is 0 Å². The van der Waals surface area contributed by atoms with Gasteiger partial charge in [-0.15, -0.1) is 0 Å². The van der Waals surface area contributed by atoms with Gasteiger partial charge in [-0.25, -0.2) is 0 Å². The summed E-state index contributed by atoms with van der Waals surface area (Å²) in [6.45, 7) is 0.923. The molecule has 96 valence electrons. The van der Waals surface area contributed by atoms with Crippen LogP contribution in [-0.2, 0) is 16.0 Å². The Bertz CT molecular complexity index is 370. The summed E-state index contributed by atoms with van der Waals surface area (Å²) in [5, 5.41) is 13.5. The molecule has 2 N–H and O–H groups in total. The van der Waals surface area contributed by atoms with Crippen LogP contribution in [-0.4, -0.2) is 32.2 Å². The minimum atomic E-state index is -0.327. The summed E-state index contributed by atoms with van der Waals surface area (Å²) < 4.78 is 10.0. The van der Waals surface area contributed by atoms with Crippen LogP contribution in [0.15, 0.2) is 12.1 Å². The van der Waals surface area contributed by atoms with E-state index in [4.69, 9.17) is 32.7 Å². The van der Waals surface area contributed by atoms with E-state index < -0.39 is 0 Å². The van der Waals surface area contributed by atoms with Crippen molar-refractivity contribution >= 4 is 23.2 Å². The molecule has 0 fully saturated rings. The van der Waals surface area contributed by atoms with Gasteiger partial charge in [-0.1, -0.05) is 23.2 Å². The summed E-state index contributed by atoms with van der Waals surface area (Å²) in [5.74, 6) is 0.0370. The molecule has 0 radical (unpaired) electrons. The Kier molecular flexibility index (Phi) is 6.02. The van der Waals surface area contributed by atoms with Crippen molar-refractivity contribution in [1.82, 2.24) is 5.32 Å². The Morgan fingerprint density at radius 1 is 1.29 bits per heavy atom. The van der Waals surface area contributed by atoms with Crippen LogP contribution in [0.2, 0.25) is 10.0 Å². The highest BCUT2D eigenvalue weighted by Crippen LogP contribution is 2.30. The quantitative estimate of drug-likeness (QED) is 0.786. The molecule has 0 unspecified atom stereocenters. The lowest BCUT2D eigenvalue weighted by atomic mass is 10.2. The third kappa shape index (κ3) is 4.33. The smallest absolute Gasteiger partial charge is 0.169 e. The third-order valence-electron chi connectivity index (χ3n) is 2.26. The van der Waals surface area contributed by atoms with Gasteiger partial charge in [-0.05, 0) is 12.1 Å². The molecule has 0 saturated carbocycles. The number of ether oxygens (including phenoxy) is 2. The van der Waals surface area contributed by atoms with E-state index in [1.165, 1.54) is 6.07 Å². The molecular formula is C11H15Cl2NO3. The number of hydrogen-bond donors (Lipinski definition) is 2. The van der Waals surface area contributed by atoms with E-state index in [0.717, 1.165) is 0 Å². The van der Waals surface area contributed by atoms with Crippen molar-refractivity contribution in [2.45, 2.75) is 12.8 Å². The van der Waals surface area contributed by atoms with Crippen molar-refractivity contribution in [3.8, 4) is 5.75 Å². The summed E-state index contributed by atoms with van der Waals surface area (Å²) in [5.41, 5.74) is 0.633. The Balaban J connectivity index is 2.57. The van der Waals surface area contributed by atoms with Gasteiger partial charge in [0, 0.05) is 37.9 Å². The maximum atomic E-state index is 9.71. The van der Waals surface area contributed by atoms with Crippen molar-refractivity contribution in [1.29, 1.82) is 0 Å². The van der Waals surface area contributed by atoms with E-state index in [1.807, 2.05) is 0 Å². The average molecular weight is 280 g/mol. The second-order valence-electron chi connectivity index (χ2n) is 3.43. The van der Waals surface area contributed by atoms with Gasteiger partial charge in [0.05, 0.1) is 5.02 Å². The van der Waals surface area contributed by atoms with Crippen molar-refractivity contribution in [3.05, 3.63) is 27.7 Å². The first kappa shape index (κ1) is 14.5. The van der Waals surface area contributed by atoms with Gasteiger partial charge in [-0.3, -0.25) is 0 Å². The van der Waals surface area contributed by atoms with Crippen LogP contribution in [0.25, 0.3) is 0 Å². The molecule has 1 aromatic rings. The van der Waals surface area contributed by atoms with Crippen LogP contribution in [0.1, 0.15) is 5.56 Å². The van der Waals surface area contributed by atoms with E-state index >= 15 is 0 Å². The number of nitrogens with one attached hydrogen (secondary N) is 1. The van der Waals surface area contributed by atoms with Crippen molar-refractivity contribution < 1.29 is 14.6 Å². The van der Waals surface area contributed by atoms with E-state index in [2.05, 4.69) is 5.32 Å². The van der Waals surface area contributed by atoms with Gasteiger partial charge >= 0.3 is 0 Å². The second-order valence-corrected chi connectivity index (χ2v) is 4.27. The largest absolute Gasteiger partial charge is 0.506 e. The number of aromatic hydroxyl groups is 1. The monoisotopic (exact) mass is 279 g/mol. The summed E-state index contributed by atoms with van der Waals surface area (Å²) >= 11 is 11.6. The van der Waals surface area contributed by atoms with Crippen LogP contribution in [0.4, 0.5) is 0 Å². The minimum Gasteiger partial charge on any atom is -0.506 e. The molecule has 0 aliphatic heterocycles. The fourth-order valence-corrected chi connectivity index (χ4v) is 1.88. The van der Waals surface area contributed by atoms with Gasteiger partial charge < -0.3 is 19.9 Å². The van der Waals surface area contributed by atoms with Gasteiger partial charge in [0.2, 0.25) is 0 Å². The molecule has 17 heavy (non-hydrogen) atoms. The highest BCUT2D eigenvalue weighted by atomic mass is 35.5. The molecule has 0 aliphatic rings. The molecule has 0 bridgehead atoms. The summed E-state index contributed by atoms with van der Waals surface area (Å²) in [6.07, 6.45) is -0.327. The molecule has 6 heteroatoms. The maximum Gasteiger partial charge on any atom is 0.169 e. The zero-order chi connectivity index (χ0) is 12.8. The fourth-order valence-electron chi connectivity index (χ4n) is 1.34. The molecule has 0 spiro atoms. The Morgan fingerprint density at radius 3 is 2.53 bits per heavy atom. The first-order chi connectivity index (χ1) is 8.08. The van der Waals surface area contributed by atoms with Crippen molar-refractivity contribution in [3.63, 3.8) is 0 Å². The molecule has 1 aromatic carbocycles. The summed E-state index contributed by atoms with van der Waals surface area (Å²) in [6, 6.07) is 3.15. The zero-order valence-corrected chi connectivity index (χ0v) is 11.2. The SMILES string of the molecule is COC(CNCc1cc(Cl)cc(Cl)c1O)OC. The molecule has 0 heterocycles. The van der Waals surface area contributed by atoms with Gasteiger partial charge in [-0.2, -0.15) is 0 Å². The van der Waals surface area contributed by atoms with Crippen LogP contribution < -0.4 is 5.32 Å².